The molecule has 0 aromatic heterocycles. The van der Waals surface area contributed by atoms with Crippen LogP contribution in [0.5, 0.6) is 5.75 Å². The van der Waals surface area contributed by atoms with Gasteiger partial charge in [-0.25, -0.2) is 0 Å². The fourth-order valence-corrected chi connectivity index (χ4v) is 3.15. The second-order valence-corrected chi connectivity index (χ2v) is 5.83. The average Bonchev–Trinajstić information content (AvgIpc) is 2.47. The molecule has 0 N–H and O–H groups in total. The van der Waals surface area contributed by atoms with E-state index in [1.807, 2.05) is 0 Å². The summed E-state index contributed by atoms with van der Waals surface area (Å²) in [6.45, 7) is 0.928. The number of carbonyl (C=O) groups excluding carboxylic acids is 1. The van der Waals surface area contributed by atoms with E-state index < -0.39 is 0 Å². The van der Waals surface area contributed by atoms with Crippen LogP contribution in [-0.2, 0) is 4.79 Å². The van der Waals surface area contributed by atoms with Crippen molar-refractivity contribution in [3.8, 4) is 5.75 Å². The van der Waals surface area contributed by atoms with Crippen LogP contribution in [-0.4, -0.2) is 36.8 Å². The minimum atomic E-state index is 0.0460. The lowest BCUT2D eigenvalue weighted by Gasteiger charge is -2.36. The number of hydrogen-bond donors (Lipinski definition) is 0. The minimum Gasteiger partial charge on any atom is -0.495 e. The molecule has 5 nitrogen and oxygen atoms in total. The number of hydrogen-bond acceptors (Lipinski definition) is 4. The second kappa shape index (κ2) is 5.73. The number of piperidine rings is 1. The second-order valence-electron chi connectivity index (χ2n) is 5.01. The van der Waals surface area contributed by atoms with Crippen molar-refractivity contribution in [2.24, 2.45) is 5.10 Å². The molecule has 2 heterocycles. The summed E-state index contributed by atoms with van der Waals surface area (Å²) >= 11 is 12.3. The summed E-state index contributed by atoms with van der Waals surface area (Å²) in [4.78, 5) is 14.0. The molecule has 1 aromatic carbocycles. The number of halogens is 2. The molecule has 1 amide bonds. The van der Waals surface area contributed by atoms with Gasteiger partial charge in [0.15, 0.2) is 0 Å². The van der Waals surface area contributed by atoms with E-state index in [1.54, 1.807) is 22.0 Å². The summed E-state index contributed by atoms with van der Waals surface area (Å²) < 4.78 is 5.20. The van der Waals surface area contributed by atoms with Crippen LogP contribution in [0.1, 0.15) is 19.3 Å². The normalized spacial score (nSPS) is 18.4. The number of rotatable bonds is 2. The van der Waals surface area contributed by atoms with Crippen LogP contribution < -0.4 is 9.75 Å². The summed E-state index contributed by atoms with van der Waals surface area (Å²) in [6, 6.07) is 3.32. The molecule has 0 saturated carbocycles. The van der Waals surface area contributed by atoms with E-state index in [9.17, 15) is 4.79 Å². The van der Waals surface area contributed by atoms with Gasteiger partial charge >= 0.3 is 0 Å². The third-order valence-corrected chi connectivity index (χ3v) is 4.26. The summed E-state index contributed by atoms with van der Waals surface area (Å²) in [6.07, 6.45) is 2.89. The van der Waals surface area contributed by atoms with Gasteiger partial charge in [-0.1, -0.05) is 23.2 Å². The molecule has 1 aromatic rings. The number of amidine groups is 1. The van der Waals surface area contributed by atoms with Crippen LogP contribution in [0.15, 0.2) is 17.2 Å². The molecular formula is C14H15Cl2N3O2. The first-order valence-electron chi connectivity index (χ1n) is 6.78. The molecule has 1 fully saturated rings. The number of benzene rings is 1. The number of fused-ring (bicyclic) bond motifs is 1. The lowest BCUT2D eigenvalue weighted by molar-refractivity contribution is -0.126. The Balaban J connectivity index is 1.99. The van der Waals surface area contributed by atoms with Crippen LogP contribution in [0.25, 0.3) is 0 Å². The zero-order valence-electron chi connectivity index (χ0n) is 11.6. The van der Waals surface area contributed by atoms with E-state index in [0.717, 1.165) is 31.6 Å². The third-order valence-electron chi connectivity index (χ3n) is 3.67. The first-order chi connectivity index (χ1) is 10.1. The highest BCUT2D eigenvalue weighted by atomic mass is 35.5. The fourth-order valence-electron chi connectivity index (χ4n) is 2.59. The van der Waals surface area contributed by atoms with E-state index in [-0.39, 0.29) is 12.5 Å². The highest BCUT2D eigenvalue weighted by molar-refractivity contribution is 6.37. The van der Waals surface area contributed by atoms with Gasteiger partial charge in [-0.15, -0.1) is 0 Å². The summed E-state index contributed by atoms with van der Waals surface area (Å²) in [5.74, 6) is 1.36. The monoisotopic (exact) mass is 327 g/mol. The number of carbonyl (C=O) groups is 1. The molecular weight excluding hydrogens is 313 g/mol. The number of methoxy groups -OCH3 is 1. The van der Waals surface area contributed by atoms with Gasteiger partial charge in [-0.05, 0) is 18.9 Å². The van der Waals surface area contributed by atoms with Crippen molar-refractivity contribution >= 4 is 40.6 Å². The summed E-state index contributed by atoms with van der Waals surface area (Å²) in [5.41, 5.74) is 0.629. The molecule has 2 aliphatic heterocycles. The number of nitrogens with zero attached hydrogens (tertiary/aromatic N) is 3. The number of amides is 1. The van der Waals surface area contributed by atoms with Gasteiger partial charge in [-0.3, -0.25) is 14.7 Å². The zero-order chi connectivity index (χ0) is 15.0. The van der Waals surface area contributed by atoms with Gasteiger partial charge in [0.25, 0.3) is 0 Å². The van der Waals surface area contributed by atoms with Gasteiger partial charge in [0.1, 0.15) is 18.1 Å². The molecule has 21 heavy (non-hydrogen) atoms. The smallest absolute Gasteiger partial charge is 0.249 e. The average molecular weight is 328 g/mol. The van der Waals surface area contributed by atoms with Crippen LogP contribution in [0.4, 0.5) is 5.69 Å². The molecule has 0 spiro atoms. The van der Waals surface area contributed by atoms with Crippen LogP contribution in [0.2, 0.25) is 10.0 Å². The predicted octanol–water partition coefficient (Wildman–Crippen LogP) is 3.15. The van der Waals surface area contributed by atoms with Crippen molar-refractivity contribution in [2.45, 2.75) is 19.3 Å². The summed E-state index contributed by atoms with van der Waals surface area (Å²) in [5, 5.41) is 7.07. The Bertz CT molecular complexity index is 618. The highest BCUT2D eigenvalue weighted by Gasteiger charge is 2.30. The van der Waals surface area contributed by atoms with Gasteiger partial charge in [-0.2, -0.15) is 5.10 Å². The van der Waals surface area contributed by atoms with Gasteiger partial charge in [0, 0.05) is 19.0 Å². The Hall–Kier alpha value is -1.46. The SMILES string of the molecule is COc1cc(N2CC(=O)N3CCCCC3=N2)c(Cl)cc1Cl. The van der Waals surface area contributed by atoms with E-state index in [1.165, 1.54) is 7.11 Å². The van der Waals surface area contributed by atoms with Crippen LogP contribution in [0, 0.1) is 0 Å². The van der Waals surface area contributed by atoms with E-state index >= 15 is 0 Å². The Kier molecular flexibility index (Phi) is 3.95. The highest BCUT2D eigenvalue weighted by Crippen LogP contribution is 2.37. The van der Waals surface area contributed by atoms with Crippen molar-refractivity contribution < 1.29 is 9.53 Å². The molecule has 0 radical (unpaired) electrons. The fraction of sp³-hybridized carbons (Fsp3) is 0.429. The van der Waals surface area contributed by atoms with Crippen LogP contribution in [0.3, 0.4) is 0 Å². The van der Waals surface area contributed by atoms with Gasteiger partial charge in [0.2, 0.25) is 5.91 Å². The third kappa shape index (κ3) is 2.68. The Morgan fingerprint density at radius 2 is 2.05 bits per heavy atom. The van der Waals surface area contributed by atoms with E-state index in [0.29, 0.717) is 21.5 Å². The van der Waals surface area contributed by atoms with Gasteiger partial charge < -0.3 is 4.74 Å². The zero-order valence-corrected chi connectivity index (χ0v) is 13.1. The standard InChI is InChI=1S/C14H15Cl2N3O2/c1-21-12-7-11(9(15)6-10(12)16)19-8-14(20)18-5-3-2-4-13(18)17-19/h6-7H,2-5,8H2,1H3. The van der Waals surface area contributed by atoms with Gasteiger partial charge in [0.05, 0.1) is 22.8 Å². The minimum absolute atomic E-state index is 0.0460. The maximum Gasteiger partial charge on any atom is 0.249 e. The van der Waals surface area contributed by atoms with Crippen molar-refractivity contribution in [1.82, 2.24) is 4.90 Å². The number of anilines is 1. The molecule has 7 heteroatoms. The number of hydrazone groups is 1. The molecule has 0 bridgehead atoms. The quantitative estimate of drug-likeness (QED) is 0.838. The maximum atomic E-state index is 12.2. The largest absolute Gasteiger partial charge is 0.495 e. The predicted molar refractivity (Wildman–Crippen MR) is 83.4 cm³/mol. The van der Waals surface area contributed by atoms with E-state index in [4.69, 9.17) is 27.9 Å². The Morgan fingerprint density at radius 3 is 2.81 bits per heavy atom. The molecule has 0 aliphatic carbocycles. The maximum absolute atomic E-state index is 12.2. The lowest BCUT2D eigenvalue weighted by atomic mass is 10.1. The first-order valence-corrected chi connectivity index (χ1v) is 7.54. The first kappa shape index (κ1) is 14.5. The molecule has 0 atom stereocenters. The molecule has 0 unspecified atom stereocenters. The molecule has 3 rings (SSSR count). The molecule has 1 saturated heterocycles. The van der Waals surface area contributed by atoms with Crippen molar-refractivity contribution in [3.05, 3.63) is 22.2 Å². The van der Waals surface area contributed by atoms with E-state index in [2.05, 4.69) is 5.10 Å². The van der Waals surface area contributed by atoms with Crippen molar-refractivity contribution in [1.29, 1.82) is 0 Å². The Morgan fingerprint density at radius 1 is 1.24 bits per heavy atom. The molecule has 2 aliphatic rings. The van der Waals surface area contributed by atoms with Crippen molar-refractivity contribution in [3.63, 3.8) is 0 Å². The summed E-state index contributed by atoms with van der Waals surface area (Å²) in [7, 11) is 1.54. The topological polar surface area (TPSA) is 45.1 Å². The Labute approximate surface area is 133 Å². The van der Waals surface area contributed by atoms with Crippen LogP contribution >= 0.6 is 23.2 Å². The molecule has 112 valence electrons. The van der Waals surface area contributed by atoms with Crippen molar-refractivity contribution in [2.75, 3.05) is 25.2 Å². The lowest BCUT2D eigenvalue weighted by Crippen LogP contribution is -2.50. The number of ether oxygens (including phenoxy) is 1.